The van der Waals surface area contributed by atoms with Crippen molar-refractivity contribution >= 4 is 0 Å². The molecule has 1 unspecified atom stereocenters. The third-order valence-electron chi connectivity index (χ3n) is 3.50. The van der Waals surface area contributed by atoms with Crippen LogP contribution >= 0.6 is 0 Å². The van der Waals surface area contributed by atoms with Gasteiger partial charge in [-0.3, -0.25) is 0 Å². The Balaban J connectivity index is 2.02. The van der Waals surface area contributed by atoms with Crippen molar-refractivity contribution in [3.8, 4) is 17.2 Å². The van der Waals surface area contributed by atoms with Crippen molar-refractivity contribution in [1.82, 2.24) is 5.32 Å². The first-order valence-electron chi connectivity index (χ1n) is 6.90. The molecular weight excluding hydrogens is 258 g/mol. The van der Waals surface area contributed by atoms with Crippen LogP contribution in [0.4, 0.5) is 0 Å². The van der Waals surface area contributed by atoms with E-state index < -0.39 is 0 Å². The maximum Gasteiger partial charge on any atom is 0.203 e. The molecule has 0 amide bonds. The monoisotopic (exact) mass is 281 g/mol. The quantitative estimate of drug-likeness (QED) is 0.828. The molecule has 0 saturated carbocycles. The van der Waals surface area contributed by atoms with Gasteiger partial charge in [0.25, 0.3) is 0 Å². The second-order valence-corrected chi connectivity index (χ2v) is 4.76. The maximum atomic E-state index is 5.59. The molecule has 1 N–H and O–H groups in total. The lowest BCUT2D eigenvalue weighted by Gasteiger charge is -2.17. The summed E-state index contributed by atoms with van der Waals surface area (Å²) in [5, 5.41) is 3.41. The minimum absolute atomic E-state index is 0.334. The molecule has 1 aromatic carbocycles. The summed E-state index contributed by atoms with van der Waals surface area (Å²) < 4.78 is 21.7. The van der Waals surface area contributed by atoms with Crippen LogP contribution in [0.2, 0.25) is 0 Å². The van der Waals surface area contributed by atoms with E-state index in [1.54, 1.807) is 21.3 Å². The number of rotatable bonds is 7. The Morgan fingerprint density at radius 1 is 1.15 bits per heavy atom. The molecule has 1 saturated heterocycles. The normalized spacial score (nSPS) is 18.1. The molecule has 1 fully saturated rings. The van der Waals surface area contributed by atoms with Crippen molar-refractivity contribution in [2.45, 2.75) is 25.5 Å². The highest BCUT2D eigenvalue weighted by Crippen LogP contribution is 2.39. The van der Waals surface area contributed by atoms with Crippen molar-refractivity contribution in [3.63, 3.8) is 0 Å². The molecule has 112 valence electrons. The molecule has 0 aromatic heterocycles. The molecule has 0 aliphatic carbocycles. The molecule has 20 heavy (non-hydrogen) atoms. The number of methoxy groups -OCH3 is 3. The Labute approximate surface area is 120 Å². The number of ether oxygens (including phenoxy) is 4. The topological polar surface area (TPSA) is 49.0 Å². The van der Waals surface area contributed by atoms with Gasteiger partial charge in [-0.25, -0.2) is 0 Å². The SMILES string of the molecule is COc1ccc(CNCC2CCCO2)c(OC)c1OC. The van der Waals surface area contributed by atoms with Gasteiger partial charge in [-0.15, -0.1) is 0 Å². The summed E-state index contributed by atoms with van der Waals surface area (Å²) in [6.07, 6.45) is 2.63. The van der Waals surface area contributed by atoms with Gasteiger partial charge in [0, 0.05) is 25.3 Å². The van der Waals surface area contributed by atoms with E-state index in [0.717, 1.165) is 31.6 Å². The average Bonchev–Trinajstić information content (AvgIpc) is 2.99. The van der Waals surface area contributed by atoms with Crippen LogP contribution in [-0.2, 0) is 11.3 Å². The van der Waals surface area contributed by atoms with Gasteiger partial charge in [-0.05, 0) is 18.9 Å². The molecule has 1 heterocycles. The van der Waals surface area contributed by atoms with Crippen LogP contribution in [-0.4, -0.2) is 40.6 Å². The third kappa shape index (κ3) is 3.35. The van der Waals surface area contributed by atoms with E-state index in [0.29, 0.717) is 29.9 Å². The van der Waals surface area contributed by atoms with Gasteiger partial charge in [0.2, 0.25) is 5.75 Å². The van der Waals surface area contributed by atoms with Gasteiger partial charge in [0.1, 0.15) is 0 Å². The Morgan fingerprint density at radius 3 is 2.55 bits per heavy atom. The lowest BCUT2D eigenvalue weighted by molar-refractivity contribution is 0.110. The smallest absolute Gasteiger partial charge is 0.203 e. The van der Waals surface area contributed by atoms with Crippen LogP contribution in [0.15, 0.2) is 12.1 Å². The summed E-state index contributed by atoms with van der Waals surface area (Å²) in [5.41, 5.74) is 1.04. The number of hydrogen-bond donors (Lipinski definition) is 1. The highest BCUT2D eigenvalue weighted by Gasteiger charge is 2.17. The van der Waals surface area contributed by atoms with E-state index in [4.69, 9.17) is 18.9 Å². The molecule has 1 aliphatic heterocycles. The Kier molecular flexibility index (Phi) is 5.49. The number of benzene rings is 1. The van der Waals surface area contributed by atoms with Crippen molar-refractivity contribution < 1.29 is 18.9 Å². The first-order chi connectivity index (χ1) is 9.80. The summed E-state index contributed by atoms with van der Waals surface area (Å²) >= 11 is 0. The van der Waals surface area contributed by atoms with Crippen LogP contribution in [0, 0.1) is 0 Å². The second-order valence-electron chi connectivity index (χ2n) is 4.76. The van der Waals surface area contributed by atoms with Gasteiger partial charge in [0.05, 0.1) is 27.4 Å². The Bertz CT molecular complexity index is 430. The minimum Gasteiger partial charge on any atom is -0.493 e. The highest BCUT2D eigenvalue weighted by molar-refractivity contribution is 5.55. The van der Waals surface area contributed by atoms with Gasteiger partial charge in [-0.2, -0.15) is 0 Å². The highest BCUT2D eigenvalue weighted by atomic mass is 16.5. The Morgan fingerprint density at radius 2 is 1.95 bits per heavy atom. The summed E-state index contributed by atoms with van der Waals surface area (Å²) in [4.78, 5) is 0. The molecule has 2 rings (SSSR count). The van der Waals surface area contributed by atoms with Crippen LogP contribution in [0.3, 0.4) is 0 Å². The first kappa shape index (κ1) is 14.9. The van der Waals surface area contributed by atoms with Crippen molar-refractivity contribution in [1.29, 1.82) is 0 Å². The number of nitrogens with one attached hydrogen (secondary N) is 1. The largest absolute Gasteiger partial charge is 0.493 e. The van der Waals surface area contributed by atoms with Crippen molar-refractivity contribution in [2.24, 2.45) is 0 Å². The van der Waals surface area contributed by atoms with Crippen molar-refractivity contribution in [2.75, 3.05) is 34.5 Å². The maximum absolute atomic E-state index is 5.59. The standard InChI is InChI=1S/C15H23NO4/c1-17-13-7-6-11(14(18-2)15(13)19-3)9-16-10-12-5-4-8-20-12/h6-7,12,16H,4-5,8-10H2,1-3H3. The fraction of sp³-hybridized carbons (Fsp3) is 0.600. The predicted molar refractivity (Wildman–Crippen MR) is 76.8 cm³/mol. The van der Waals surface area contributed by atoms with Crippen LogP contribution in [0.5, 0.6) is 17.2 Å². The molecule has 5 heteroatoms. The minimum atomic E-state index is 0.334. The first-order valence-corrected chi connectivity index (χ1v) is 6.90. The van der Waals surface area contributed by atoms with E-state index in [9.17, 15) is 0 Å². The van der Waals surface area contributed by atoms with Crippen molar-refractivity contribution in [3.05, 3.63) is 17.7 Å². The molecular formula is C15H23NO4. The van der Waals surface area contributed by atoms with E-state index in [1.807, 2.05) is 12.1 Å². The number of hydrogen-bond acceptors (Lipinski definition) is 5. The zero-order chi connectivity index (χ0) is 14.4. The van der Waals surface area contributed by atoms with E-state index in [-0.39, 0.29) is 0 Å². The summed E-state index contributed by atoms with van der Waals surface area (Å²) in [6, 6.07) is 3.88. The molecule has 1 atom stereocenters. The second kappa shape index (κ2) is 7.36. The molecule has 0 radical (unpaired) electrons. The van der Waals surface area contributed by atoms with Gasteiger partial charge in [-0.1, -0.05) is 6.07 Å². The molecule has 1 aliphatic rings. The van der Waals surface area contributed by atoms with Gasteiger partial charge < -0.3 is 24.3 Å². The van der Waals surface area contributed by atoms with Crippen LogP contribution in [0.1, 0.15) is 18.4 Å². The predicted octanol–water partition coefficient (Wildman–Crippen LogP) is 1.98. The van der Waals surface area contributed by atoms with Crippen LogP contribution < -0.4 is 19.5 Å². The molecule has 1 aromatic rings. The zero-order valence-corrected chi connectivity index (χ0v) is 12.4. The van der Waals surface area contributed by atoms with E-state index in [1.165, 1.54) is 0 Å². The van der Waals surface area contributed by atoms with Gasteiger partial charge in [0.15, 0.2) is 11.5 Å². The average molecular weight is 281 g/mol. The summed E-state index contributed by atoms with van der Waals surface area (Å²) in [6.45, 7) is 2.45. The zero-order valence-electron chi connectivity index (χ0n) is 12.4. The van der Waals surface area contributed by atoms with Gasteiger partial charge >= 0.3 is 0 Å². The lowest BCUT2D eigenvalue weighted by atomic mass is 10.1. The summed E-state index contributed by atoms with van der Waals surface area (Å²) in [5.74, 6) is 2.02. The molecule has 0 bridgehead atoms. The van der Waals surface area contributed by atoms with Crippen LogP contribution in [0.25, 0.3) is 0 Å². The van der Waals surface area contributed by atoms with E-state index in [2.05, 4.69) is 5.32 Å². The van der Waals surface area contributed by atoms with E-state index >= 15 is 0 Å². The summed E-state index contributed by atoms with van der Waals surface area (Å²) in [7, 11) is 4.87. The molecule has 5 nitrogen and oxygen atoms in total. The fourth-order valence-corrected chi connectivity index (χ4v) is 2.48. The Hall–Kier alpha value is -1.46. The molecule has 0 spiro atoms. The fourth-order valence-electron chi connectivity index (χ4n) is 2.48. The third-order valence-corrected chi connectivity index (χ3v) is 3.50. The lowest BCUT2D eigenvalue weighted by Crippen LogP contribution is -2.26.